The Morgan fingerprint density at radius 1 is 0.658 bits per heavy atom. The van der Waals surface area contributed by atoms with Gasteiger partial charge in [-0.1, -0.05) is 62.8 Å². The smallest absolute Gasteiger partial charge is 0.224 e. The van der Waals surface area contributed by atoms with Crippen LogP contribution in [-0.2, 0) is 13.1 Å². The Morgan fingerprint density at radius 2 is 1.24 bits per heavy atom. The normalized spacial score (nSPS) is 17.0. The van der Waals surface area contributed by atoms with Gasteiger partial charge >= 0.3 is 0 Å². The number of rotatable bonds is 16. The second-order valence-corrected chi connectivity index (χ2v) is 11.3. The van der Waals surface area contributed by atoms with Crippen LogP contribution in [0.4, 0.5) is 11.8 Å². The van der Waals surface area contributed by atoms with E-state index < -0.39 is 0 Å². The molecule has 7 nitrogen and oxygen atoms in total. The highest BCUT2D eigenvalue weighted by Gasteiger charge is 2.12. The first-order chi connectivity index (χ1) is 18.7. The quantitative estimate of drug-likeness (QED) is 0.186. The number of aryl methyl sites for hydroxylation is 1. The van der Waals surface area contributed by atoms with Crippen LogP contribution in [0.2, 0.25) is 0 Å². The highest BCUT2D eigenvalue weighted by Crippen LogP contribution is 2.18. The van der Waals surface area contributed by atoms with Gasteiger partial charge < -0.3 is 26.6 Å². The summed E-state index contributed by atoms with van der Waals surface area (Å²) in [7, 11) is 0. The van der Waals surface area contributed by atoms with Gasteiger partial charge in [0.2, 0.25) is 5.95 Å². The fourth-order valence-corrected chi connectivity index (χ4v) is 5.67. The van der Waals surface area contributed by atoms with Crippen LogP contribution in [-0.4, -0.2) is 48.2 Å². The molecule has 0 amide bonds. The third-order valence-corrected chi connectivity index (χ3v) is 7.92. The Kier molecular flexibility index (Phi) is 12.6. The molecule has 2 saturated carbocycles. The molecule has 0 aliphatic heterocycles. The molecule has 2 aliphatic rings. The molecular weight excluding hydrogens is 470 g/mol. The first-order valence-electron chi connectivity index (χ1n) is 15.3. The van der Waals surface area contributed by atoms with Crippen molar-refractivity contribution in [1.82, 2.24) is 25.9 Å². The highest BCUT2D eigenvalue weighted by atomic mass is 15.1. The molecule has 0 spiro atoms. The molecule has 38 heavy (non-hydrogen) atoms. The van der Waals surface area contributed by atoms with Crippen molar-refractivity contribution in [3.8, 4) is 0 Å². The van der Waals surface area contributed by atoms with E-state index in [2.05, 4.69) is 60.8 Å². The summed E-state index contributed by atoms with van der Waals surface area (Å²) in [5, 5.41) is 17.9. The van der Waals surface area contributed by atoms with Gasteiger partial charge in [-0.25, -0.2) is 4.98 Å². The van der Waals surface area contributed by atoms with Crippen molar-refractivity contribution in [2.45, 2.75) is 109 Å². The van der Waals surface area contributed by atoms with Crippen LogP contribution in [0, 0.1) is 6.92 Å². The molecule has 2 aromatic rings. The number of nitrogens with zero attached hydrogens (tertiary/aromatic N) is 2. The summed E-state index contributed by atoms with van der Waals surface area (Å²) in [6.07, 6.45) is 16.0. The van der Waals surface area contributed by atoms with Crippen LogP contribution in [0.3, 0.4) is 0 Å². The van der Waals surface area contributed by atoms with Crippen LogP contribution in [0.25, 0.3) is 0 Å². The van der Waals surface area contributed by atoms with Crippen molar-refractivity contribution in [1.29, 1.82) is 0 Å². The van der Waals surface area contributed by atoms with E-state index in [1.807, 2.05) is 13.0 Å². The summed E-state index contributed by atoms with van der Waals surface area (Å²) in [4.78, 5) is 9.24. The van der Waals surface area contributed by atoms with E-state index in [-0.39, 0.29) is 0 Å². The van der Waals surface area contributed by atoms with Gasteiger partial charge in [-0.2, -0.15) is 4.98 Å². The third kappa shape index (κ3) is 10.9. The number of nitrogens with one attached hydrogen (secondary N) is 5. The van der Waals surface area contributed by atoms with Gasteiger partial charge in [-0.15, -0.1) is 0 Å². The Bertz CT molecular complexity index is 905. The van der Waals surface area contributed by atoms with Crippen molar-refractivity contribution in [3.05, 3.63) is 47.2 Å². The predicted molar refractivity (Wildman–Crippen MR) is 160 cm³/mol. The minimum Gasteiger partial charge on any atom is -0.366 e. The van der Waals surface area contributed by atoms with Crippen LogP contribution >= 0.6 is 0 Å². The largest absolute Gasteiger partial charge is 0.366 e. The monoisotopic (exact) mass is 521 g/mol. The van der Waals surface area contributed by atoms with E-state index in [0.29, 0.717) is 5.95 Å². The van der Waals surface area contributed by atoms with Crippen LogP contribution in [0.1, 0.15) is 93.9 Å². The van der Waals surface area contributed by atoms with Gasteiger partial charge in [-0.05, 0) is 76.2 Å². The summed E-state index contributed by atoms with van der Waals surface area (Å²) in [5.41, 5.74) is 3.56. The van der Waals surface area contributed by atoms with Crippen molar-refractivity contribution < 1.29 is 0 Å². The number of benzene rings is 1. The van der Waals surface area contributed by atoms with Gasteiger partial charge in [0.25, 0.3) is 0 Å². The fraction of sp³-hybridized carbons (Fsp3) is 0.677. The number of hydrogen-bond donors (Lipinski definition) is 5. The van der Waals surface area contributed by atoms with Crippen molar-refractivity contribution >= 4 is 11.8 Å². The van der Waals surface area contributed by atoms with E-state index in [9.17, 15) is 0 Å². The molecule has 7 heteroatoms. The average molecular weight is 522 g/mol. The maximum absolute atomic E-state index is 4.68. The number of aromatic nitrogens is 2. The summed E-state index contributed by atoms with van der Waals surface area (Å²) in [6, 6.07) is 12.4. The van der Waals surface area contributed by atoms with Crippen molar-refractivity contribution in [3.63, 3.8) is 0 Å². The van der Waals surface area contributed by atoms with Gasteiger partial charge in [0.1, 0.15) is 5.82 Å². The Morgan fingerprint density at radius 3 is 1.87 bits per heavy atom. The average Bonchev–Trinajstić information content (AvgIpc) is 2.95. The van der Waals surface area contributed by atoms with E-state index in [1.54, 1.807) is 0 Å². The number of anilines is 2. The Hall–Kier alpha value is -2.22. The topological polar surface area (TPSA) is 85.9 Å². The molecule has 5 N–H and O–H groups in total. The molecule has 1 aromatic heterocycles. The first-order valence-corrected chi connectivity index (χ1v) is 15.3. The van der Waals surface area contributed by atoms with Gasteiger partial charge in [0.15, 0.2) is 0 Å². The molecule has 2 fully saturated rings. The maximum atomic E-state index is 4.68. The number of hydrogen-bond acceptors (Lipinski definition) is 7. The third-order valence-electron chi connectivity index (χ3n) is 7.92. The summed E-state index contributed by atoms with van der Waals surface area (Å²) >= 11 is 0. The van der Waals surface area contributed by atoms with Crippen LogP contribution in [0.5, 0.6) is 0 Å². The molecule has 1 heterocycles. The van der Waals surface area contributed by atoms with Crippen molar-refractivity contribution in [2.24, 2.45) is 0 Å². The Labute approximate surface area is 230 Å². The zero-order chi connectivity index (χ0) is 26.3. The first kappa shape index (κ1) is 28.8. The lowest BCUT2D eigenvalue weighted by Gasteiger charge is -2.22. The second kappa shape index (κ2) is 16.7. The molecule has 1 aromatic carbocycles. The molecule has 0 atom stereocenters. The van der Waals surface area contributed by atoms with Gasteiger partial charge in [-0.3, -0.25) is 0 Å². The van der Waals surface area contributed by atoms with E-state index in [4.69, 9.17) is 0 Å². The lowest BCUT2D eigenvalue weighted by Crippen LogP contribution is -2.33. The predicted octanol–water partition coefficient (Wildman–Crippen LogP) is 5.52. The zero-order valence-electron chi connectivity index (χ0n) is 23.7. The van der Waals surface area contributed by atoms with Crippen LogP contribution < -0.4 is 26.6 Å². The fourth-order valence-electron chi connectivity index (χ4n) is 5.67. The summed E-state index contributed by atoms with van der Waals surface area (Å²) in [6.45, 7) is 7.82. The lowest BCUT2D eigenvalue weighted by molar-refractivity contribution is 0.371. The molecule has 210 valence electrons. The molecule has 0 saturated heterocycles. The van der Waals surface area contributed by atoms with E-state index in [0.717, 1.165) is 69.3 Å². The second-order valence-electron chi connectivity index (χ2n) is 11.3. The molecular formula is C31H51N7. The minimum absolute atomic E-state index is 0.709. The highest BCUT2D eigenvalue weighted by molar-refractivity contribution is 5.42. The van der Waals surface area contributed by atoms with Crippen LogP contribution in [0.15, 0.2) is 30.3 Å². The SMILES string of the molecule is Cc1cc(NCc2ccc(CNCCCNC3CCCCC3)cc2)nc(NCCCNC2CCCCC2)n1. The van der Waals surface area contributed by atoms with Gasteiger partial charge in [0, 0.05) is 43.5 Å². The molecule has 0 bridgehead atoms. The molecule has 0 radical (unpaired) electrons. The van der Waals surface area contributed by atoms with Crippen molar-refractivity contribution in [2.75, 3.05) is 36.8 Å². The van der Waals surface area contributed by atoms with Gasteiger partial charge in [0.05, 0.1) is 0 Å². The Balaban J connectivity index is 1.09. The zero-order valence-corrected chi connectivity index (χ0v) is 23.7. The van der Waals surface area contributed by atoms with E-state index >= 15 is 0 Å². The summed E-state index contributed by atoms with van der Waals surface area (Å²) in [5.74, 6) is 1.58. The van der Waals surface area contributed by atoms with E-state index in [1.165, 1.54) is 81.8 Å². The molecule has 0 unspecified atom stereocenters. The minimum atomic E-state index is 0.709. The molecule has 2 aliphatic carbocycles. The standard InChI is InChI=1S/C31H51N7/c1-25-22-30(38-31(37-25)35-21-9-20-34-29-12-6-3-7-13-29)36-24-27-16-14-26(15-17-27)23-32-18-8-19-33-28-10-4-2-5-11-28/h14-17,22,28-29,32-34H,2-13,18-21,23-24H2,1H3,(H2,35,36,37,38). The lowest BCUT2D eigenvalue weighted by atomic mass is 9.95. The summed E-state index contributed by atoms with van der Waals surface area (Å²) < 4.78 is 0. The maximum Gasteiger partial charge on any atom is 0.224 e. The molecule has 4 rings (SSSR count).